The van der Waals surface area contributed by atoms with Crippen LogP contribution in [0.25, 0.3) is 22.4 Å². The van der Waals surface area contributed by atoms with Crippen LogP contribution in [-0.4, -0.2) is 36.3 Å². The van der Waals surface area contributed by atoms with Gasteiger partial charge in [-0.05, 0) is 49.2 Å². The minimum atomic E-state index is 0.384. The third-order valence-electron chi connectivity index (χ3n) is 4.97. The number of imidazole rings is 1. The van der Waals surface area contributed by atoms with Crippen molar-refractivity contribution in [2.24, 2.45) is 0 Å². The molecule has 2 aromatic carbocycles. The van der Waals surface area contributed by atoms with E-state index in [1.54, 1.807) is 7.11 Å². The molecule has 4 rings (SSSR count). The number of aromatic nitrogens is 2. The zero-order valence-corrected chi connectivity index (χ0v) is 14.3. The molecule has 130 valence electrons. The van der Waals surface area contributed by atoms with Gasteiger partial charge in [0.2, 0.25) is 0 Å². The number of methoxy groups -OCH3 is 1. The van der Waals surface area contributed by atoms with E-state index in [9.17, 15) is 0 Å². The van der Waals surface area contributed by atoms with Crippen molar-refractivity contribution in [3.8, 4) is 11.4 Å². The van der Waals surface area contributed by atoms with Crippen LogP contribution in [-0.2, 0) is 4.74 Å². The molecule has 25 heavy (non-hydrogen) atoms. The number of nitrogens with zero attached hydrogens (tertiary/aromatic N) is 2. The Balaban J connectivity index is 1.62. The standard InChI is InChI=1S/C19H23N5O/c1-25-14-6-8-24(9-7-14)13-3-5-17-18(11-13)23-19(22-17)12-2-4-15(20)16(21)10-12/h2-5,10-11,14H,6-9,20-21H2,1H3,(H,22,23). The van der Waals surface area contributed by atoms with Crippen LogP contribution in [0.2, 0.25) is 0 Å². The second kappa shape index (κ2) is 6.29. The molecule has 6 nitrogen and oxygen atoms in total. The van der Waals surface area contributed by atoms with Crippen molar-refractivity contribution in [2.45, 2.75) is 18.9 Å². The Labute approximate surface area is 146 Å². The Morgan fingerprint density at radius 2 is 1.88 bits per heavy atom. The lowest BCUT2D eigenvalue weighted by Gasteiger charge is -2.32. The minimum Gasteiger partial charge on any atom is -0.397 e. The van der Waals surface area contributed by atoms with Crippen molar-refractivity contribution in [2.75, 3.05) is 36.6 Å². The average Bonchev–Trinajstić information content (AvgIpc) is 3.07. The van der Waals surface area contributed by atoms with Crippen LogP contribution in [0.4, 0.5) is 17.1 Å². The van der Waals surface area contributed by atoms with Gasteiger partial charge >= 0.3 is 0 Å². The first-order chi connectivity index (χ1) is 12.1. The number of hydrogen-bond acceptors (Lipinski definition) is 5. The summed E-state index contributed by atoms with van der Waals surface area (Å²) in [7, 11) is 1.79. The first-order valence-corrected chi connectivity index (χ1v) is 8.57. The van der Waals surface area contributed by atoms with Crippen LogP contribution in [0, 0.1) is 0 Å². The molecule has 0 radical (unpaired) electrons. The monoisotopic (exact) mass is 337 g/mol. The molecule has 0 atom stereocenters. The zero-order valence-electron chi connectivity index (χ0n) is 14.3. The van der Waals surface area contributed by atoms with Crippen molar-refractivity contribution in [3.05, 3.63) is 36.4 Å². The highest BCUT2D eigenvalue weighted by molar-refractivity contribution is 5.84. The second-order valence-corrected chi connectivity index (χ2v) is 6.55. The van der Waals surface area contributed by atoms with E-state index < -0.39 is 0 Å². The predicted octanol–water partition coefficient (Wildman–Crippen LogP) is 3.01. The van der Waals surface area contributed by atoms with Gasteiger partial charge in [-0.25, -0.2) is 4.98 Å². The lowest BCUT2D eigenvalue weighted by molar-refractivity contribution is 0.0819. The van der Waals surface area contributed by atoms with Crippen molar-refractivity contribution in [1.29, 1.82) is 0 Å². The van der Waals surface area contributed by atoms with Crippen LogP contribution >= 0.6 is 0 Å². The Hall–Kier alpha value is -2.73. The summed E-state index contributed by atoms with van der Waals surface area (Å²) in [5, 5.41) is 0. The summed E-state index contributed by atoms with van der Waals surface area (Å²) < 4.78 is 5.45. The SMILES string of the molecule is COC1CCN(c2ccc3nc(-c4ccc(N)c(N)c4)[nH]c3c2)CC1. The average molecular weight is 337 g/mol. The van der Waals surface area contributed by atoms with E-state index in [0.717, 1.165) is 48.4 Å². The van der Waals surface area contributed by atoms with Crippen LogP contribution in [0.5, 0.6) is 0 Å². The van der Waals surface area contributed by atoms with E-state index in [0.29, 0.717) is 17.5 Å². The van der Waals surface area contributed by atoms with Crippen molar-refractivity contribution in [1.82, 2.24) is 9.97 Å². The van der Waals surface area contributed by atoms with E-state index in [-0.39, 0.29) is 0 Å². The summed E-state index contributed by atoms with van der Waals surface area (Å²) in [6.07, 6.45) is 2.51. The highest BCUT2D eigenvalue weighted by atomic mass is 16.5. The second-order valence-electron chi connectivity index (χ2n) is 6.55. The number of nitrogens with one attached hydrogen (secondary N) is 1. The molecule has 0 saturated carbocycles. The molecule has 0 spiro atoms. The lowest BCUT2D eigenvalue weighted by Crippen LogP contribution is -2.36. The number of benzene rings is 2. The molecule has 2 heterocycles. The number of anilines is 3. The Morgan fingerprint density at radius 3 is 2.60 bits per heavy atom. The van der Waals surface area contributed by atoms with Crippen LogP contribution in [0.3, 0.4) is 0 Å². The zero-order chi connectivity index (χ0) is 17.4. The first-order valence-electron chi connectivity index (χ1n) is 8.57. The van der Waals surface area contributed by atoms with Gasteiger partial charge in [0.05, 0.1) is 28.5 Å². The molecule has 1 fully saturated rings. The number of nitrogen functional groups attached to an aromatic ring is 2. The summed E-state index contributed by atoms with van der Waals surface area (Å²) >= 11 is 0. The number of piperidine rings is 1. The van der Waals surface area contributed by atoms with Gasteiger partial charge in [-0.1, -0.05) is 0 Å². The molecule has 1 aromatic heterocycles. The Kier molecular flexibility index (Phi) is 3.97. The minimum absolute atomic E-state index is 0.384. The number of fused-ring (bicyclic) bond motifs is 1. The molecular weight excluding hydrogens is 314 g/mol. The van der Waals surface area contributed by atoms with E-state index in [1.165, 1.54) is 5.69 Å². The topological polar surface area (TPSA) is 93.2 Å². The van der Waals surface area contributed by atoms with Gasteiger partial charge in [0.15, 0.2) is 0 Å². The largest absolute Gasteiger partial charge is 0.397 e. The maximum absolute atomic E-state index is 5.91. The predicted molar refractivity (Wildman–Crippen MR) is 103 cm³/mol. The van der Waals surface area contributed by atoms with Crippen LogP contribution in [0.1, 0.15) is 12.8 Å². The fourth-order valence-electron chi connectivity index (χ4n) is 3.40. The number of aromatic amines is 1. The first kappa shape index (κ1) is 15.8. The van der Waals surface area contributed by atoms with E-state index in [2.05, 4.69) is 33.1 Å². The maximum atomic E-state index is 5.91. The molecule has 0 aliphatic carbocycles. The molecule has 3 aromatic rings. The number of rotatable bonds is 3. The van der Waals surface area contributed by atoms with Gasteiger partial charge < -0.3 is 26.1 Å². The molecule has 0 amide bonds. The normalized spacial score (nSPS) is 15.8. The van der Waals surface area contributed by atoms with Gasteiger partial charge in [0.25, 0.3) is 0 Å². The van der Waals surface area contributed by atoms with Gasteiger partial charge in [-0.15, -0.1) is 0 Å². The Bertz CT molecular complexity index is 896. The van der Waals surface area contributed by atoms with Gasteiger partial charge in [-0.2, -0.15) is 0 Å². The molecule has 1 aliphatic heterocycles. The number of nitrogens with two attached hydrogens (primary N) is 2. The fraction of sp³-hybridized carbons (Fsp3) is 0.316. The van der Waals surface area contributed by atoms with Gasteiger partial charge in [0, 0.05) is 31.5 Å². The van der Waals surface area contributed by atoms with Crippen molar-refractivity contribution in [3.63, 3.8) is 0 Å². The number of H-pyrrole nitrogens is 1. The lowest BCUT2D eigenvalue weighted by atomic mass is 10.1. The van der Waals surface area contributed by atoms with E-state index >= 15 is 0 Å². The smallest absolute Gasteiger partial charge is 0.138 e. The third kappa shape index (κ3) is 3.00. The van der Waals surface area contributed by atoms with Gasteiger partial charge in [0.1, 0.15) is 5.82 Å². The van der Waals surface area contributed by atoms with Crippen molar-refractivity contribution < 1.29 is 4.74 Å². The summed E-state index contributed by atoms with van der Waals surface area (Å²) in [6.45, 7) is 2.03. The third-order valence-corrected chi connectivity index (χ3v) is 4.97. The number of hydrogen-bond donors (Lipinski definition) is 3. The summed E-state index contributed by atoms with van der Waals surface area (Å²) in [5.41, 5.74) is 17.0. The van der Waals surface area contributed by atoms with Crippen molar-refractivity contribution >= 4 is 28.1 Å². The Morgan fingerprint density at radius 1 is 1.08 bits per heavy atom. The summed E-state index contributed by atoms with van der Waals surface area (Å²) in [5.74, 6) is 0.803. The quantitative estimate of drug-likeness (QED) is 0.639. The molecule has 1 saturated heterocycles. The maximum Gasteiger partial charge on any atom is 0.138 e. The molecule has 6 heteroatoms. The van der Waals surface area contributed by atoms with Crippen LogP contribution in [0.15, 0.2) is 36.4 Å². The fourth-order valence-corrected chi connectivity index (χ4v) is 3.40. The molecule has 5 N–H and O–H groups in total. The molecular formula is C19H23N5O. The van der Waals surface area contributed by atoms with E-state index in [1.807, 2.05) is 18.2 Å². The van der Waals surface area contributed by atoms with Gasteiger partial charge in [-0.3, -0.25) is 0 Å². The highest BCUT2D eigenvalue weighted by Crippen LogP contribution is 2.28. The molecule has 0 unspecified atom stereocenters. The summed E-state index contributed by atoms with van der Waals surface area (Å²) in [6, 6.07) is 12.0. The van der Waals surface area contributed by atoms with Crippen LogP contribution < -0.4 is 16.4 Å². The molecule has 1 aliphatic rings. The molecule has 0 bridgehead atoms. The number of ether oxygens (including phenoxy) is 1. The summed E-state index contributed by atoms with van der Waals surface area (Å²) in [4.78, 5) is 10.5. The van der Waals surface area contributed by atoms with E-state index in [4.69, 9.17) is 16.2 Å². The highest BCUT2D eigenvalue weighted by Gasteiger charge is 2.19.